The molecule has 4 heteroatoms. The number of rotatable bonds is 2. The Kier molecular flexibility index (Phi) is 3.62. The zero-order valence-electron chi connectivity index (χ0n) is 9.61. The van der Waals surface area contributed by atoms with Gasteiger partial charge in [-0.3, -0.25) is 9.78 Å². The molecule has 0 saturated heterocycles. The summed E-state index contributed by atoms with van der Waals surface area (Å²) >= 11 is 3.39. The van der Waals surface area contributed by atoms with Crippen LogP contribution in [0.1, 0.15) is 30.5 Å². The number of hydrogen-bond donors (Lipinski definition) is 1. The highest BCUT2D eigenvalue weighted by Crippen LogP contribution is 2.31. The van der Waals surface area contributed by atoms with E-state index in [4.69, 9.17) is 5.11 Å². The van der Waals surface area contributed by atoms with E-state index in [1.54, 1.807) is 6.20 Å². The van der Waals surface area contributed by atoms with Crippen LogP contribution >= 0.6 is 15.9 Å². The summed E-state index contributed by atoms with van der Waals surface area (Å²) in [5.41, 5.74) is 3.30. The third-order valence-corrected chi connectivity index (χ3v) is 3.54. The van der Waals surface area contributed by atoms with Crippen molar-refractivity contribution in [3.05, 3.63) is 34.1 Å². The highest BCUT2D eigenvalue weighted by molar-refractivity contribution is 9.10. The number of carboxylic acids is 1. The van der Waals surface area contributed by atoms with Gasteiger partial charge in [-0.2, -0.15) is 0 Å². The molecule has 1 aliphatic carbocycles. The maximum absolute atomic E-state index is 10.9. The molecule has 1 N–H and O–H groups in total. The van der Waals surface area contributed by atoms with Crippen molar-refractivity contribution in [1.82, 2.24) is 4.98 Å². The lowest BCUT2D eigenvalue weighted by atomic mass is 9.87. The van der Waals surface area contributed by atoms with Gasteiger partial charge >= 0.3 is 5.97 Å². The largest absolute Gasteiger partial charge is 0.481 e. The van der Waals surface area contributed by atoms with Crippen molar-refractivity contribution in [2.75, 3.05) is 0 Å². The van der Waals surface area contributed by atoms with Gasteiger partial charge in [0.15, 0.2) is 0 Å². The number of aryl methyl sites for hydroxylation is 1. The molecule has 1 unspecified atom stereocenters. The van der Waals surface area contributed by atoms with Crippen molar-refractivity contribution in [2.24, 2.45) is 5.92 Å². The van der Waals surface area contributed by atoms with Crippen molar-refractivity contribution in [2.45, 2.75) is 26.2 Å². The zero-order valence-corrected chi connectivity index (χ0v) is 11.2. The second-order valence-corrected chi connectivity index (χ2v) is 5.27. The van der Waals surface area contributed by atoms with E-state index in [1.165, 1.54) is 5.57 Å². The van der Waals surface area contributed by atoms with Crippen molar-refractivity contribution < 1.29 is 9.90 Å². The first-order chi connectivity index (χ1) is 8.08. The highest BCUT2D eigenvalue weighted by Gasteiger charge is 2.22. The van der Waals surface area contributed by atoms with Crippen LogP contribution in [0, 0.1) is 12.8 Å². The van der Waals surface area contributed by atoms with Crippen LogP contribution in [0.4, 0.5) is 0 Å². The molecule has 0 bridgehead atoms. The molecular weight excluding hydrogens is 282 g/mol. The molecule has 1 aromatic rings. The van der Waals surface area contributed by atoms with Crippen molar-refractivity contribution >= 4 is 27.5 Å². The summed E-state index contributed by atoms with van der Waals surface area (Å²) in [6.07, 6.45) is 5.92. The Labute approximate surface area is 109 Å². The normalized spacial score (nSPS) is 19.9. The summed E-state index contributed by atoms with van der Waals surface area (Å²) in [6.45, 7) is 2.03. The lowest BCUT2D eigenvalue weighted by Crippen LogP contribution is -2.16. The van der Waals surface area contributed by atoms with Gasteiger partial charge < -0.3 is 5.11 Å². The summed E-state index contributed by atoms with van der Waals surface area (Å²) < 4.78 is 0.971. The first kappa shape index (κ1) is 12.3. The molecule has 0 amide bonds. The average molecular weight is 296 g/mol. The molecule has 0 spiro atoms. The Morgan fingerprint density at radius 2 is 2.35 bits per heavy atom. The number of hydrogen-bond acceptors (Lipinski definition) is 2. The number of aliphatic carboxylic acids is 1. The monoisotopic (exact) mass is 295 g/mol. The number of allylic oxidation sites excluding steroid dienone is 2. The number of pyridine rings is 1. The first-order valence-corrected chi connectivity index (χ1v) is 6.41. The number of aromatic nitrogens is 1. The van der Waals surface area contributed by atoms with Crippen molar-refractivity contribution in [1.29, 1.82) is 0 Å². The molecule has 0 aliphatic heterocycles. The quantitative estimate of drug-likeness (QED) is 0.909. The fourth-order valence-electron chi connectivity index (χ4n) is 2.15. The molecule has 1 aromatic heterocycles. The van der Waals surface area contributed by atoms with E-state index in [1.807, 2.05) is 19.1 Å². The molecular formula is C13H14BrNO2. The number of carbonyl (C=O) groups is 1. The third kappa shape index (κ3) is 2.75. The summed E-state index contributed by atoms with van der Waals surface area (Å²) in [4.78, 5) is 15.3. The molecule has 1 heterocycles. The second-order valence-electron chi connectivity index (χ2n) is 4.36. The smallest absolute Gasteiger partial charge is 0.306 e. The SMILES string of the molecule is Cc1cc(Br)cnc1C1=CCC(C(=O)O)CC1. The minimum absolute atomic E-state index is 0.227. The fourth-order valence-corrected chi connectivity index (χ4v) is 2.60. The minimum Gasteiger partial charge on any atom is -0.481 e. The van der Waals surface area contributed by atoms with Gasteiger partial charge in [-0.1, -0.05) is 6.08 Å². The number of halogens is 1. The first-order valence-electron chi connectivity index (χ1n) is 5.62. The molecule has 0 saturated carbocycles. The van der Waals surface area contributed by atoms with Crippen LogP contribution in [-0.2, 0) is 4.79 Å². The standard InChI is InChI=1S/C13H14BrNO2/c1-8-6-11(14)7-15-12(8)9-2-4-10(5-3-9)13(16)17/h2,6-7,10H,3-5H2,1H3,(H,16,17). The van der Waals surface area contributed by atoms with Crippen LogP contribution in [0.5, 0.6) is 0 Å². The number of carboxylic acid groups (broad SMARTS) is 1. The van der Waals surface area contributed by atoms with Gasteiger partial charge in [0.25, 0.3) is 0 Å². The minimum atomic E-state index is -0.694. The summed E-state index contributed by atoms with van der Waals surface area (Å²) in [6, 6.07) is 2.03. The van der Waals surface area contributed by atoms with Gasteiger partial charge in [-0.25, -0.2) is 0 Å². The van der Waals surface area contributed by atoms with Crippen LogP contribution in [0.15, 0.2) is 22.8 Å². The van der Waals surface area contributed by atoms with Gasteiger partial charge in [0, 0.05) is 10.7 Å². The van der Waals surface area contributed by atoms with E-state index < -0.39 is 5.97 Å². The lowest BCUT2D eigenvalue weighted by molar-refractivity contribution is -0.141. The Bertz CT molecular complexity index is 482. The molecule has 0 aromatic carbocycles. The average Bonchev–Trinajstić information content (AvgIpc) is 2.29. The predicted molar refractivity (Wildman–Crippen MR) is 69.6 cm³/mol. The van der Waals surface area contributed by atoms with E-state index >= 15 is 0 Å². The maximum Gasteiger partial charge on any atom is 0.306 e. The van der Waals surface area contributed by atoms with Gasteiger partial charge in [-0.15, -0.1) is 0 Å². The lowest BCUT2D eigenvalue weighted by Gasteiger charge is -2.19. The molecule has 0 fully saturated rings. The highest BCUT2D eigenvalue weighted by atomic mass is 79.9. The Hall–Kier alpha value is -1.16. The second kappa shape index (κ2) is 5.00. The van der Waals surface area contributed by atoms with Gasteiger partial charge in [0.05, 0.1) is 11.6 Å². The Balaban J connectivity index is 2.22. The molecule has 17 heavy (non-hydrogen) atoms. The van der Waals surface area contributed by atoms with Gasteiger partial charge in [0.1, 0.15) is 0 Å². The molecule has 90 valence electrons. The van der Waals surface area contributed by atoms with E-state index in [2.05, 4.69) is 20.9 Å². The molecule has 3 nitrogen and oxygen atoms in total. The fraction of sp³-hybridized carbons (Fsp3) is 0.385. The summed E-state index contributed by atoms with van der Waals surface area (Å²) in [5, 5.41) is 8.93. The van der Waals surface area contributed by atoms with Crippen molar-refractivity contribution in [3.8, 4) is 0 Å². The molecule has 0 radical (unpaired) electrons. The van der Waals surface area contributed by atoms with Crippen LogP contribution < -0.4 is 0 Å². The maximum atomic E-state index is 10.9. The summed E-state index contributed by atoms with van der Waals surface area (Å²) in [5.74, 6) is -0.921. The Morgan fingerprint density at radius 3 is 2.88 bits per heavy atom. The van der Waals surface area contributed by atoms with E-state index in [0.717, 1.165) is 22.2 Å². The van der Waals surface area contributed by atoms with E-state index in [9.17, 15) is 4.79 Å². The van der Waals surface area contributed by atoms with Crippen LogP contribution in [-0.4, -0.2) is 16.1 Å². The predicted octanol–water partition coefficient (Wildman–Crippen LogP) is 3.42. The van der Waals surface area contributed by atoms with Crippen LogP contribution in [0.2, 0.25) is 0 Å². The van der Waals surface area contributed by atoms with Gasteiger partial charge in [0.2, 0.25) is 0 Å². The van der Waals surface area contributed by atoms with Crippen LogP contribution in [0.3, 0.4) is 0 Å². The topological polar surface area (TPSA) is 50.2 Å². The third-order valence-electron chi connectivity index (χ3n) is 3.11. The molecule has 1 aliphatic rings. The van der Waals surface area contributed by atoms with Crippen LogP contribution in [0.25, 0.3) is 5.57 Å². The van der Waals surface area contributed by atoms with E-state index in [0.29, 0.717) is 12.8 Å². The van der Waals surface area contributed by atoms with Crippen molar-refractivity contribution in [3.63, 3.8) is 0 Å². The van der Waals surface area contributed by atoms with E-state index in [-0.39, 0.29) is 5.92 Å². The Morgan fingerprint density at radius 1 is 1.59 bits per heavy atom. The molecule has 2 rings (SSSR count). The number of nitrogens with zero attached hydrogens (tertiary/aromatic N) is 1. The molecule has 1 atom stereocenters. The zero-order chi connectivity index (χ0) is 12.4. The summed E-state index contributed by atoms with van der Waals surface area (Å²) in [7, 11) is 0. The van der Waals surface area contributed by atoms with Gasteiger partial charge in [-0.05, 0) is 59.3 Å².